The van der Waals surface area contributed by atoms with Crippen LogP contribution in [0.1, 0.15) is 27.2 Å². The molecule has 0 spiro atoms. The number of likely N-dealkylation sites (N-methyl/N-ethyl adjacent to an activating group) is 1. The zero-order chi connectivity index (χ0) is 24.9. The van der Waals surface area contributed by atoms with E-state index in [-0.39, 0.29) is 18.2 Å². The van der Waals surface area contributed by atoms with Crippen molar-refractivity contribution in [2.75, 3.05) is 38.5 Å². The summed E-state index contributed by atoms with van der Waals surface area (Å²) in [7, 11) is 2.06. The standard InChI is InChI=1S/C25H24Cl3N5O2/c1-32-6-8-33(9-7-32)25(35)17-4-2-16(3-5-17)10-19-13-23(30-15-29-19)31-24(34)14-20-21(27)11-18(26)12-22(20)28/h2-5,11-13,15H,6-10,14H2,1H3,(H,29,30,31,34). The highest BCUT2D eigenvalue weighted by atomic mass is 35.5. The topological polar surface area (TPSA) is 78.4 Å². The first-order chi connectivity index (χ1) is 16.8. The maximum absolute atomic E-state index is 12.7. The molecule has 1 N–H and O–H groups in total. The summed E-state index contributed by atoms with van der Waals surface area (Å²) in [5, 5.41) is 3.82. The number of hydrogen-bond donors (Lipinski definition) is 1. The van der Waals surface area contributed by atoms with Gasteiger partial charge in [0.25, 0.3) is 5.91 Å². The van der Waals surface area contributed by atoms with Gasteiger partial charge < -0.3 is 15.1 Å². The van der Waals surface area contributed by atoms with Crippen LogP contribution >= 0.6 is 34.8 Å². The Morgan fingerprint density at radius 3 is 2.26 bits per heavy atom. The number of carbonyl (C=O) groups excluding carboxylic acids is 2. The van der Waals surface area contributed by atoms with Gasteiger partial charge in [-0.15, -0.1) is 0 Å². The molecule has 0 radical (unpaired) electrons. The number of piperazine rings is 1. The molecule has 1 saturated heterocycles. The van der Waals surface area contributed by atoms with E-state index in [1.54, 1.807) is 18.2 Å². The average molecular weight is 533 g/mol. The molecule has 1 aliphatic rings. The third-order valence-corrected chi connectivity index (χ3v) is 6.70. The largest absolute Gasteiger partial charge is 0.336 e. The second kappa shape index (κ2) is 11.4. The minimum absolute atomic E-state index is 0.0169. The molecule has 2 amide bonds. The fraction of sp³-hybridized carbons (Fsp3) is 0.280. The predicted molar refractivity (Wildman–Crippen MR) is 138 cm³/mol. The predicted octanol–water partition coefficient (Wildman–Crippen LogP) is 4.60. The highest BCUT2D eigenvalue weighted by Crippen LogP contribution is 2.29. The third kappa shape index (κ3) is 6.70. The fourth-order valence-corrected chi connectivity index (χ4v) is 4.77. The number of rotatable bonds is 6. The Labute approximate surface area is 219 Å². The second-order valence-corrected chi connectivity index (χ2v) is 9.69. The summed E-state index contributed by atoms with van der Waals surface area (Å²) in [5.74, 6) is 0.119. The molecule has 0 aliphatic carbocycles. The SMILES string of the molecule is CN1CCN(C(=O)c2ccc(Cc3cc(NC(=O)Cc4c(Cl)cc(Cl)cc4Cl)ncn3)cc2)CC1. The maximum atomic E-state index is 12.7. The minimum atomic E-state index is -0.312. The molecule has 4 rings (SSSR count). The van der Waals surface area contributed by atoms with Gasteiger partial charge in [-0.05, 0) is 42.4 Å². The van der Waals surface area contributed by atoms with Crippen LogP contribution in [-0.4, -0.2) is 64.8 Å². The Bertz CT molecular complexity index is 1210. The first-order valence-electron chi connectivity index (χ1n) is 11.1. The van der Waals surface area contributed by atoms with Crippen LogP contribution in [0.15, 0.2) is 48.8 Å². The number of nitrogens with zero attached hydrogens (tertiary/aromatic N) is 4. The van der Waals surface area contributed by atoms with Crippen LogP contribution in [0.3, 0.4) is 0 Å². The van der Waals surface area contributed by atoms with Crippen LogP contribution < -0.4 is 5.32 Å². The Hall–Kier alpha value is -2.71. The molecule has 0 unspecified atom stereocenters. The number of aromatic nitrogens is 2. The quantitative estimate of drug-likeness (QED) is 0.502. The van der Waals surface area contributed by atoms with Crippen molar-refractivity contribution in [3.63, 3.8) is 0 Å². The molecule has 2 aromatic carbocycles. The lowest BCUT2D eigenvalue weighted by atomic mass is 10.1. The first-order valence-corrected chi connectivity index (χ1v) is 12.2. The van der Waals surface area contributed by atoms with Crippen LogP contribution in [0.4, 0.5) is 5.82 Å². The molecule has 1 fully saturated rings. The number of nitrogens with one attached hydrogen (secondary N) is 1. The lowest BCUT2D eigenvalue weighted by Crippen LogP contribution is -2.47. The van der Waals surface area contributed by atoms with Gasteiger partial charge >= 0.3 is 0 Å². The summed E-state index contributed by atoms with van der Waals surface area (Å²) >= 11 is 18.3. The summed E-state index contributed by atoms with van der Waals surface area (Å²) in [6.07, 6.45) is 1.92. The van der Waals surface area contributed by atoms with Crippen LogP contribution in [0.5, 0.6) is 0 Å². The molecule has 2 heterocycles. The molecule has 7 nitrogen and oxygen atoms in total. The van der Waals surface area contributed by atoms with E-state index in [4.69, 9.17) is 34.8 Å². The second-order valence-electron chi connectivity index (χ2n) is 8.44. The summed E-state index contributed by atoms with van der Waals surface area (Å²) in [6.45, 7) is 3.25. The molecule has 182 valence electrons. The molecule has 1 aliphatic heterocycles. The maximum Gasteiger partial charge on any atom is 0.253 e. The van der Waals surface area contributed by atoms with Crippen molar-refractivity contribution in [3.8, 4) is 0 Å². The van der Waals surface area contributed by atoms with Gasteiger partial charge in [-0.2, -0.15) is 0 Å². The Balaban J connectivity index is 1.37. The summed E-state index contributed by atoms with van der Waals surface area (Å²) < 4.78 is 0. The van der Waals surface area contributed by atoms with Gasteiger partial charge in [0.1, 0.15) is 12.1 Å². The Morgan fingerprint density at radius 1 is 0.943 bits per heavy atom. The number of amides is 2. The van der Waals surface area contributed by atoms with Gasteiger partial charge in [-0.25, -0.2) is 9.97 Å². The molecule has 0 saturated carbocycles. The number of carbonyl (C=O) groups is 2. The summed E-state index contributed by atoms with van der Waals surface area (Å²) in [5.41, 5.74) is 2.90. The van der Waals surface area contributed by atoms with Crippen molar-refractivity contribution < 1.29 is 9.59 Å². The van der Waals surface area contributed by atoms with Crippen LogP contribution in [0.25, 0.3) is 0 Å². The minimum Gasteiger partial charge on any atom is -0.336 e. The third-order valence-electron chi connectivity index (χ3n) is 5.81. The lowest BCUT2D eigenvalue weighted by Gasteiger charge is -2.32. The van der Waals surface area contributed by atoms with Gasteiger partial charge in [-0.3, -0.25) is 9.59 Å². The van der Waals surface area contributed by atoms with Gasteiger partial charge in [0.05, 0.1) is 12.1 Å². The van der Waals surface area contributed by atoms with Crippen molar-refractivity contribution in [3.05, 3.63) is 86.2 Å². The van der Waals surface area contributed by atoms with Gasteiger partial charge in [-0.1, -0.05) is 46.9 Å². The molecular weight excluding hydrogens is 509 g/mol. The van der Waals surface area contributed by atoms with Crippen molar-refractivity contribution in [2.45, 2.75) is 12.8 Å². The molecule has 0 atom stereocenters. The zero-order valence-corrected chi connectivity index (χ0v) is 21.4. The molecule has 3 aromatic rings. The van der Waals surface area contributed by atoms with E-state index in [1.807, 2.05) is 29.2 Å². The zero-order valence-electron chi connectivity index (χ0n) is 19.1. The van der Waals surface area contributed by atoms with Crippen LogP contribution in [0.2, 0.25) is 15.1 Å². The number of hydrogen-bond acceptors (Lipinski definition) is 5. The van der Waals surface area contributed by atoms with Crippen molar-refractivity contribution in [2.24, 2.45) is 0 Å². The first kappa shape index (κ1) is 25.4. The van der Waals surface area contributed by atoms with Gasteiger partial charge in [0.2, 0.25) is 5.91 Å². The van der Waals surface area contributed by atoms with E-state index in [0.29, 0.717) is 38.4 Å². The van der Waals surface area contributed by atoms with Crippen molar-refractivity contribution in [1.29, 1.82) is 0 Å². The summed E-state index contributed by atoms with van der Waals surface area (Å²) in [6, 6.07) is 12.3. The van der Waals surface area contributed by atoms with Crippen molar-refractivity contribution >= 4 is 52.4 Å². The Kier molecular flexibility index (Phi) is 8.23. The van der Waals surface area contributed by atoms with E-state index >= 15 is 0 Å². The average Bonchev–Trinajstić information content (AvgIpc) is 2.82. The molecule has 35 heavy (non-hydrogen) atoms. The van der Waals surface area contributed by atoms with Crippen molar-refractivity contribution in [1.82, 2.24) is 19.8 Å². The smallest absolute Gasteiger partial charge is 0.253 e. The Morgan fingerprint density at radius 2 is 1.60 bits per heavy atom. The molecule has 10 heteroatoms. The van der Waals surface area contributed by atoms with E-state index in [2.05, 4.69) is 27.2 Å². The van der Waals surface area contributed by atoms with Crippen LogP contribution in [-0.2, 0) is 17.6 Å². The summed E-state index contributed by atoms with van der Waals surface area (Å²) in [4.78, 5) is 37.8. The van der Waals surface area contributed by atoms with E-state index in [0.717, 1.165) is 37.4 Å². The number of benzene rings is 2. The van der Waals surface area contributed by atoms with Gasteiger partial charge in [0, 0.05) is 59.3 Å². The normalized spacial score (nSPS) is 14.1. The lowest BCUT2D eigenvalue weighted by molar-refractivity contribution is -0.115. The number of halogens is 3. The fourth-order valence-electron chi connectivity index (χ4n) is 3.82. The van der Waals surface area contributed by atoms with E-state index < -0.39 is 0 Å². The van der Waals surface area contributed by atoms with Gasteiger partial charge in [0.15, 0.2) is 0 Å². The number of anilines is 1. The van der Waals surface area contributed by atoms with Crippen LogP contribution in [0, 0.1) is 0 Å². The monoisotopic (exact) mass is 531 g/mol. The van der Waals surface area contributed by atoms with E-state index in [1.165, 1.54) is 6.33 Å². The highest BCUT2D eigenvalue weighted by molar-refractivity contribution is 6.39. The highest BCUT2D eigenvalue weighted by Gasteiger charge is 2.20. The molecule has 0 bridgehead atoms. The molecular formula is C25H24Cl3N5O2. The molecule has 1 aromatic heterocycles. The van der Waals surface area contributed by atoms with E-state index in [9.17, 15) is 9.59 Å².